The summed E-state index contributed by atoms with van der Waals surface area (Å²) in [4.78, 5) is 6.81. The summed E-state index contributed by atoms with van der Waals surface area (Å²) in [5.41, 5.74) is 9.73. The van der Waals surface area contributed by atoms with Gasteiger partial charge in [0.2, 0.25) is 0 Å². The van der Waals surface area contributed by atoms with Crippen LogP contribution in [0.4, 0.5) is 0 Å². The molecule has 1 aliphatic heterocycles. The van der Waals surface area contributed by atoms with Gasteiger partial charge in [0.05, 0.1) is 0 Å². The van der Waals surface area contributed by atoms with E-state index in [1.54, 1.807) is 5.57 Å². The number of likely N-dealkylation sites (tertiary alicyclic amines) is 1. The zero-order chi connectivity index (χ0) is 18.8. The average Bonchev–Trinajstić information content (AvgIpc) is 2.92. The SMILES string of the molecule is C1=Cc2ccccc2C(=C2CCN(Cc3cccnc3)CC2)c2ccccc21.Cl.Cl. The van der Waals surface area contributed by atoms with Crippen molar-refractivity contribution in [2.45, 2.75) is 19.4 Å². The van der Waals surface area contributed by atoms with Crippen LogP contribution in [0, 0.1) is 0 Å². The van der Waals surface area contributed by atoms with Gasteiger partial charge in [-0.25, -0.2) is 0 Å². The summed E-state index contributed by atoms with van der Waals surface area (Å²) in [6.45, 7) is 3.20. The van der Waals surface area contributed by atoms with Crippen molar-refractivity contribution in [1.82, 2.24) is 9.88 Å². The monoisotopic (exact) mass is 436 g/mol. The molecule has 0 saturated carbocycles. The number of hydrogen-bond donors (Lipinski definition) is 0. The van der Waals surface area contributed by atoms with E-state index in [1.807, 2.05) is 18.5 Å². The van der Waals surface area contributed by atoms with Crippen LogP contribution in [0.2, 0.25) is 0 Å². The highest BCUT2D eigenvalue weighted by molar-refractivity contribution is 5.94. The van der Waals surface area contributed by atoms with E-state index in [-0.39, 0.29) is 24.8 Å². The van der Waals surface area contributed by atoms with Gasteiger partial charge in [-0.3, -0.25) is 9.88 Å². The zero-order valence-electron chi connectivity index (χ0n) is 16.8. The van der Waals surface area contributed by atoms with Gasteiger partial charge in [0.25, 0.3) is 0 Å². The molecule has 0 radical (unpaired) electrons. The molecule has 0 amide bonds. The molecule has 2 aromatic carbocycles. The fourth-order valence-corrected chi connectivity index (χ4v) is 4.43. The summed E-state index contributed by atoms with van der Waals surface area (Å²) in [6, 6.07) is 21.8. The maximum atomic E-state index is 4.26. The molecule has 5 rings (SSSR count). The van der Waals surface area contributed by atoms with E-state index in [0.717, 1.165) is 32.5 Å². The quantitative estimate of drug-likeness (QED) is 0.356. The van der Waals surface area contributed by atoms with Crippen molar-refractivity contribution < 1.29 is 0 Å². The van der Waals surface area contributed by atoms with Crippen LogP contribution in [-0.2, 0) is 6.54 Å². The lowest BCUT2D eigenvalue weighted by molar-refractivity contribution is 0.248. The molecule has 0 spiro atoms. The van der Waals surface area contributed by atoms with Crippen LogP contribution >= 0.6 is 24.8 Å². The fourth-order valence-electron chi connectivity index (χ4n) is 4.43. The van der Waals surface area contributed by atoms with Crippen LogP contribution in [0.3, 0.4) is 0 Å². The second kappa shape index (κ2) is 10.1. The van der Waals surface area contributed by atoms with Crippen molar-refractivity contribution in [3.05, 3.63) is 106 Å². The molecule has 2 heterocycles. The first-order valence-electron chi connectivity index (χ1n) is 10.1. The van der Waals surface area contributed by atoms with Crippen molar-refractivity contribution in [3.8, 4) is 0 Å². The molecule has 0 atom stereocenters. The molecule has 2 nitrogen and oxygen atoms in total. The Morgan fingerprint density at radius 3 is 1.90 bits per heavy atom. The molecule has 4 heteroatoms. The van der Waals surface area contributed by atoms with Crippen molar-refractivity contribution in [3.63, 3.8) is 0 Å². The largest absolute Gasteiger partial charge is 0.298 e. The van der Waals surface area contributed by atoms with Crippen LogP contribution in [0.25, 0.3) is 17.7 Å². The number of fused-ring (bicyclic) bond motifs is 2. The molecular formula is C26H26Cl2N2. The summed E-state index contributed by atoms with van der Waals surface area (Å²) in [5.74, 6) is 0. The van der Waals surface area contributed by atoms with Gasteiger partial charge in [-0.15, -0.1) is 24.8 Å². The summed E-state index contributed by atoms with van der Waals surface area (Å²) in [6.07, 6.45) is 10.6. The minimum Gasteiger partial charge on any atom is -0.298 e. The van der Waals surface area contributed by atoms with Gasteiger partial charge in [0.1, 0.15) is 0 Å². The fraction of sp³-hybridized carbons (Fsp3) is 0.192. The van der Waals surface area contributed by atoms with Crippen molar-refractivity contribution in [2.24, 2.45) is 0 Å². The normalized spacial score (nSPS) is 15.3. The predicted molar refractivity (Wildman–Crippen MR) is 131 cm³/mol. The maximum Gasteiger partial charge on any atom is 0.0312 e. The minimum absolute atomic E-state index is 0. The number of piperidine rings is 1. The number of rotatable bonds is 2. The zero-order valence-corrected chi connectivity index (χ0v) is 18.5. The Morgan fingerprint density at radius 2 is 1.33 bits per heavy atom. The number of nitrogens with zero attached hydrogens (tertiary/aromatic N) is 2. The summed E-state index contributed by atoms with van der Waals surface area (Å²) >= 11 is 0. The first-order valence-corrected chi connectivity index (χ1v) is 10.1. The van der Waals surface area contributed by atoms with E-state index in [4.69, 9.17) is 0 Å². The van der Waals surface area contributed by atoms with Gasteiger partial charge >= 0.3 is 0 Å². The molecular weight excluding hydrogens is 411 g/mol. The number of halogens is 2. The molecule has 30 heavy (non-hydrogen) atoms. The first kappa shape index (κ1) is 22.3. The van der Waals surface area contributed by atoms with Crippen molar-refractivity contribution in [2.75, 3.05) is 13.1 Å². The van der Waals surface area contributed by atoms with Crippen molar-refractivity contribution in [1.29, 1.82) is 0 Å². The van der Waals surface area contributed by atoms with Crippen LogP contribution in [0.5, 0.6) is 0 Å². The molecule has 0 bridgehead atoms. The molecule has 0 N–H and O–H groups in total. The first-order chi connectivity index (χ1) is 13.9. The average molecular weight is 437 g/mol. The lowest BCUT2D eigenvalue weighted by Crippen LogP contribution is -2.30. The number of benzene rings is 2. The van der Waals surface area contributed by atoms with Gasteiger partial charge in [0.15, 0.2) is 0 Å². The summed E-state index contributed by atoms with van der Waals surface area (Å²) in [7, 11) is 0. The molecule has 154 valence electrons. The van der Waals surface area contributed by atoms with Gasteiger partial charge < -0.3 is 0 Å². The van der Waals surface area contributed by atoms with E-state index in [2.05, 4.69) is 76.6 Å². The number of hydrogen-bond acceptors (Lipinski definition) is 2. The lowest BCUT2D eigenvalue weighted by Gasteiger charge is -2.30. The van der Waals surface area contributed by atoms with E-state index < -0.39 is 0 Å². The van der Waals surface area contributed by atoms with Crippen LogP contribution in [0.1, 0.15) is 40.7 Å². The second-order valence-electron chi connectivity index (χ2n) is 7.62. The highest BCUT2D eigenvalue weighted by Crippen LogP contribution is 2.38. The number of pyridine rings is 1. The number of aromatic nitrogens is 1. The topological polar surface area (TPSA) is 16.1 Å². The third-order valence-corrected chi connectivity index (χ3v) is 5.84. The molecule has 1 saturated heterocycles. The lowest BCUT2D eigenvalue weighted by atomic mass is 9.86. The van der Waals surface area contributed by atoms with Gasteiger partial charge in [-0.1, -0.05) is 72.3 Å². The summed E-state index contributed by atoms with van der Waals surface area (Å²) in [5, 5.41) is 0. The molecule has 1 aromatic heterocycles. The standard InChI is InChI=1S/C26H24N2.2ClH/c1-3-9-24-21(7-1)11-12-22-8-2-4-10-25(22)26(24)23-13-16-28(17-14-23)19-20-6-5-15-27-18-20;;/h1-12,15,18H,13-14,16-17,19H2;2*1H. The Balaban J connectivity index is 0.00000128. The smallest absolute Gasteiger partial charge is 0.0312 e. The van der Waals surface area contributed by atoms with E-state index >= 15 is 0 Å². The highest BCUT2D eigenvalue weighted by Gasteiger charge is 2.22. The molecule has 2 aliphatic rings. The predicted octanol–water partition coefficient (Wildman–Crippen LogP) is 6.51. The third-order valence-electron chi connectivity index (χ3n) is 5.84. The van der Waals surface area contributed by atoms with E-state index in [0.29, 0.717) is 0 Å². The van der Waals surface area contributed by atoms with Gasteiger partial charge in [-0.2, -0.15) is 0 Å². The molecule has 0 unspecified atom stereocenters. The van der Waals surface area contributed by atoms with E-state index in [9.17, 15) is 0 Å². The summed E-state index contributed by atoms with van der Waals surface area (Å²) < 4.78 is 0. The van der Waals surface area contributed by atoms with Crippen LogP contribution < -0.4 is 0 Å². The van der Waals surface area contributed by atoms with Crippen molar-refractivity contribution >= 4 is 42.5 Å². The Morgan fingerprint density at radius 1 is 0.733 bits per heavy atom. The molecule has 3 aromatic rings. The van der Waals surface area contributed by atoms with Crippen LogP contribution in [0.15, 0.2) is 78.6 Å². The Labute approximate surface area is 191 Å². The van der Waals surface area contributed by atoms with E-state index in [1.165, 1.54) is 33.4 Å². The van der Waals surface area contributed by atoms with Crippen LogP contribution in [-0.4, -0.2) is 23.0 Å². The molecule has 1 fully saturated rings. The Bertz CT molecular complexity index is 996. The van der Waals surface area contributed by atoms with Gasteiger partial charge in [0, 0.05) is 32.0 Å². The third kappa shape index (κ3) is 4.52. The minimum atomic E-state index is 0. The maximum absolute atomic E-state index is 4.26. The Kier molecular flexibility index (Phi) is 7.49. The Hall–Kier alpha value is -2.39. The van der Waals surface area contributed by atoms with Gasteiger partial charge in [-0.05, 0) is 52.3 Å². The second-order valence-corrected chi connectivity index (χ2v) is 7.62. The molecule has 1 aliphatic carbocycles. The highest BCUT2D eigenvalue weighted by atomic mass is 35.5.